The summed E-state index contributed by atoms with van der Waals surface area (Å²) in [6.07, 6.45) is 3.50. The van der Waals surface area contributed by atoms with E-state index >= 15 is 0 Å². The van der Waals surface area contributed by atoms with Crippen LogP contribution in [-0.4, -0.2) is 37.0 Å². The van der Waals surface area contributed by atoms with E-state index in [-0.39, 0.29) is 12.6 Å². The van der Waals surface area contributed by atoms with Crippen molar-refractivity contribution in [1.29, 1.82) is 0 Å². The molecule has 6 heteroatoms. The number of nitrogens with one attached hydrogen (secondary N) is 1. The summed E-state index contributed by atoms with van der Waals surface area (Å²) in [6.45, 7) is 2.62. The maximum absolute atomic E-state index is 12.4. The zero-order valence-electron chi connectivity index (χ0n) is 11.7. The van der Waals surface area contributed by atoms with Gasteiger partial charge in [0.05, 0.1) is 0 Å². The van der Waals surface area contributed by atoms with E-state index in [4.69, 9.17) is 5.11 Å². The highest BCUT2D eigenvalue weighted by Gasteiger charge is 2.29. The number of nitrogens with zero attached hydrogens (tertiary/aromatic N) is 1. The highest BCUT2D eigenvalue weighted by Crippen LogP contribution is 2.21. The Hall–Kier alpha value is -1.11. The third kappa shape index (κ3) is 3.71. The molecule has 20 heavy (non-hydrogen) atoms. The molecule has 1 heterocycles. The quantitative estimate of drug-likeness (QED) is 0.870. The monoisotopic (exact) mass is 298 g/mol. The third-order valence-electron chi connectivity index (χ3n) is 3.65. The van der Waals surface area contributed by atoms with E-state index in [1.807, 2.05) is 19.1 Å². The Labute approximate surface area is 120 Å². The lowest BCUT2D eigenvalue weighted by atomic mass is 10.1. The number of benzene rings is 1. The van der Waals surface area contributed by atoms with Crippen molar-refractivity contribution in [3.8, 4) is 0 Å². The second kappa shape index (κ2) is 6.56. The fraction of sp³-hybridized carbons (Fsp3) is 0.571. The van der Waals surface area contributed by atoms with Gasteiger partial charge >= 0.3 is 10.2 Å². The average Bonchev–Trinajstić information content (AvgIpc) is 2.41. The maximum Gasteiger partial charge on any atom is 0.301 e. The highest BCUT2D eigenvalue weighted by molar-refractivity contribution is 7.90. The number of rotatable bonds is 5. The molecule has 0 aliphatic carbocycles. The van der Waals surface area contributed by atoms with Crippen LogP contribution in [0.4, 0.5) is 5.69 Å². The number of anilines is 1. The Bertz CT molecular complexity index is 528. The van der Waals surface area contributed by atoms with E-state index in [9.17, 15) is 8.42 Å². The van der Waals surface area contributed by atoms with Gasteiger partial charge in [-0.2, -0.15) is 12.7 Å². The molecule has 0 saturated carbocycles. The van der Waals surface area contributed by atoms with Gasteiger partial charge in [0, 0.05) is 24.9 Å². The molecule has 0 amide bonds. The zero-order chi connectivity index (χ0) is 14.6. The fourth-order valence-electron chi connectivity index (χ4n) is 2.50. The van der Waals surface area contributed by atoms with Gasteiger partial charge in [-0.05, 0) is 43.9 Å². The van der Waals surface area contributed by atoms with Crippen LogP contribution in [-0.2, 0) is 16.6 Å². The van der Waals surface area contributed by atoms with E-state index in [1.54, 1.807) is 12.1 Å². The summed E-state index contributed by atoms with van der Waals surface area (Å²) in [5, 5.41) is 8.86. The second-order valence-electron chi connectivity index (χ2n) is 5.23. The average molecular weight is 298 g/mol. The second-order valence-corrected chi connectivity index (χ2v) is 6.86. The van der Waals surface area contributed by atoms with E-state index in [2.05, 4.69) is 4.72 Å². The van der Waals surface area contributed by atoms with Gasteiger partial charge < -0.3 is 5.11 Å². The lowest BCUT2D eigenvalue weighted by Gasteiger charge is -2.32. The smallest absolute Gasteiger partial charge is 0.301 e. The van der Waals surface area contributed by atoms with Gasteiger partial charge in [-0.15, -0.1) is 0 Å². The minimum absolute atomic E-state index is 0.0508. The number of piperidine rings is 1. The van der Waals surface area contributed by atoms with Gasteiger partial charge in [-0.25, -0.2) is 0 Å². The summed E-state index contributed by atoms with van der Waals surface area (Å²) in [5.41, 5.74) is 1.55. The molecule has 1 atom stereocenters. The van der Waals surface area contributed by atoms with Crippen molar-refractivity contribution >= 4 is 15.9 Å². The van der Waals surface area contributed by atoms with Crippen LogP contribution in [0.15, 0.2) is 24.3 Å². The van der Waals surface area contributed by atoms with Gasteiger partial charge in [0.15, 0.2) is 0 Å². The molecule has 2 N–H and O–H groups in total. The number of hydrogen-bond donors (Lipinski definition) is 2. The van der Waals surface area contributed by atoms with Crippen LogP contribution < -0.4 is 4.72 Å². The van der Waals surface area contributed by atoms with Crippen LogP contribution in [0.5, 0.6) is 0 Å². The number of aliphatic hydroxyl groups is 1. The standard InChI is InChI=1S/C14H22N2O3S/c1-12-4-2-3-10-16(12)20(18,19)15-14-7-5-13(6-8-14)9-11-17/h5-8,12,15,17H,2-4,9-11H2,1H3. The van der Waals surface area contributed by atoms with Crippen LogP contribution in [0, 0.1) is 0 Å². The molecule has 1 unspecified atom stereocenters. The first kappa shape index (κ1) is 15.3. The topological polar surface area (TPSA) is 69.6 Å². The summed E-state index contributed by atoms with van der Waals surface area (Å²) in [4.78, 5) is 0. The molecule has 0 aromatic heterocycles. The van der Waals surface area contributed by atoms with Crippen molar-refractivity contribution in [1.82, 2.24) is 4.31 Å². The van der Waals surface area contributed by atoms with Crippen molar-refractivity contribution in [3.05, 3.63) is 29.8 Å². The van der Waals surface area contributed by atoms with Gasteiger partial charge in [0.25, 0.3) is 0 Å². The zero-order valence-corrected chi connectivity index (χ0v) is 12.6. The molecule has 1 aromatic carbocycles. The maximum atomic E-state index is 12.4. The molecule has 0 bridgehead atoms. The minimum Gasteiger partial charge on any atom is -0.396 e. The largest absolute Gasteiger partial charge is 0.396 e. The summed E-state index contributed by atoms with van der Waals surface area (Å²) in [6, 6.07) is 7.17. The summed E-state index contributed by atoms with van der Waals surface area (Å²) in [5.74, 6) is 0. The molecule has 0 radical (unpaired) electrons. The summed E-state index contributed by atoms with van der Waals surface area (Å²) < 4.78 is 28.9. The van der Waals surface area contributed by atoms with E-state index in [1.165, 1.54) is 4.31 Å². The predicted octanol–water partition coefficient (Wildman–Crippen LogP) is 1.75. The van der Waals surface area contributed by atoms with Crippen molar-refractivity contribution in [2.75, 3.05) is 17.9 Å². The molecule has 5 nitrogen and oxygen atoms in total. The normalized spacial score (nSPS) is 20.8. The van der Waals surface area contributed by atoms with Crippen molar-refractivity contribution in [3.63, 3.8) is 0 Å². The van der Waals surface area contributed by atoms with Gasteiger partial charge in [0.2, 0.25) is 0 Å². The molecule has 1 aliphatic heterocycles. The van der Waals surface area contributed by atoms with Crippen LogP contribution >= 0.6 is 0 Å². The van der Waals surface area contributed by atoms with Gasteiger partial charge in [-0.3, -0.25) is 4.72 Å². The Morgan fingerprint density at radius 2 is 2.00 bits per heavy atom. The fourth-order valence-corrected chi connectivity index (χ4v) is 4.00. The van der Waals surface area contributed by atoms with E-state index in [0.29, 0.717) is 18.7 Å². The first-order valence-electron chi connectivity index (χ1n) is 7.02. The molecule has 1 aliphatic rings. The lowest BCUT2D eigenvalue weighted by Crippen LogP contribution is -2.44. The Morgan fingerprint density at radius 1 is 1.30 bits per heavy atom. The van der Waals surface area contributed by atoms with Crippen molar-refractivity contribution in [2.24, 2.45) is 0 Å². The SMILES string of the molecule is CC1CCCCN1S(=O)(=O)Nc1ccc(CCO)cc1. The highest BCUT2D eigenvalue weighted by atomic mass is 32.2. The molecular formula is C14H22N2O3S. The molecule has 1 fully saturated rings. The Kier molecular flexibility index (Phi) is 5.01. The summed E-state index contributed by atoms with van der Waals surface area (Å²) in [7, 11) is -3.48. The molecular weight excluding hydrogens is 276 g/mol. The summed E-state index contributed by atoms with van der Waals surface area (Å²) >= 11 is 0. The van der Waals surface area contributed by atoms with Crippen LogP contribution in [0.25, 0.3) is 0 Å². The van der Waals surface area contributed by atoms with Crippen LogP contribution in [0.1, 0.15) is 31.7 Å². The number of hydrogen-bond acceptors (Lipinski definition) is 3. The molecule has 2 rings (SSSR count). The molecule has 112 valence electrons. The van der Waals surface area contributed by atoms with Crippen LogP contribution in [0.3, 0.4) is 0 Å². The number of aliphatic hydroxyl groups excluding tert-OH is 1. The Morgan fingerprint density at radius 3 is 2.60 bits per heavy atom. The predicted molar refractivity (Wildman–Crippen MR) is 79.8 cm³/mol. The van der Waals surface area contributed by atoms with Crippen LogP contribution in [0.2, 0.25) is 0 Å². The third-order valence-corrected chi connectivity index (χ3v) is 5.31. The minimum atomic E-state index is -3.48. The van der Waals surface area contributed by atoms with Crippen molar-refractivity contribution in [2.45, 2.75) is 38.6 Å². The first-order chi connectivity index (χ1) is 9.53. The van der Waals surface area contributed by atoms with Crippen molar-refractivity contribution < 1.29 is 13.5 Å². The Balaban J connectivity index is 2.07. The van der Waals surface area contributed by atoms with Gasteiger partial charge in [0.1, 0.15) is 0 Å². The first-order valence-corrected chi connectivity index (χ1v) is 8.46. The molecule has 0 spiro atoms. The lowest BCUT2D eigenvalue weighted by molar-refractivity contribution is 0.270. The molecule has 1 saturated heterocycles. The van der Waals surface area contributed by atoms with E-state index < -0.39 is 10.2 Å². The van der Waals surface area contributed by atoms with E-state index in [0.717, 1.165) is 24.8 Å². The molecule has 1 aromatic rings. The van der Waals surface area contributed by atoms with Gasteiger partial charge in [-0.1, -0.05) is 18.6 Å².